The van der Waals surface area contributed by atoms with Gasteiger partial charge in [-0.1, -0.05) is 183 Å². The van der Waals surface area contributed by atoms with E-state index in [1.807, 2.05) is 60.8 Å². The SMILES string of the molecule is C.C1=CC(c2ccccc2)Nc2ccc3ccccc3c21.[Li+].[c-]1ccccc1.c1ccc(-c2ccc3c(ccc4ccccc43)n2)cc1.c1ccc2c(c1)ccc1ncccc12. The zero-order chi connectivity index (χ0) is 40.4. The van der Waals surface area contributed by atoms with Crippen LogP contribution in [0, 0.1) is 6.07 Å². The number of nitrogens with one attached hydrogen (secondary N) is 1. The van der Waals surface area contributed by atoms with Gasteiger partial charge in [-0.25, -0.2) is 4.98 Å². The maximum absolute atomic E-state index is 4.80. The number of rotatable bonds is 2. The molecule has 294 valence electrons. The van der Waals surface area contributed by atoms with Gasteiger partial charge in [-0.15, -0.1) is 0 Å². The molecule has 2 aromatic heterocycles. The number of aromatic nitrogens is 2. The molecule has 0 radical (unpaired) electrons. The van der Waals surface area contributed by atoms with Crippen molar-refractivity contribution in [3.05, 3.63) is 254 Å². The van der Waals surface area contributed by atoms with E-state index in [4.69, 9.17) is 4.98 Å². The summed E-state index contributed by atoms with van der Waals surface area (Å²) < 4.78 is 0. The second-order valence-corrected chi connectivity index (χ2v) is 14.5. The van der Waals surface area contributed by atoms with E-state index >= 15 is 0 Å². The molecule has 1 atom stereocenters. The average molecular weight is 792 g/mol. The molecule has 0 spiro atoms. The minimum absolute atomic E-state index is 0. The van der Waals surface area contributed by atoms with Gasteiger partial charge < -0.3 is 5.32 Å². The molecule has 0 saturated carbocycles. The van der Waals surface area contributed by atoms with Gasteiger partial charge in [-0.2, -0.15) is 36.4 Å². The molecule has 3 nitrogen and oxygen atoms in total. The smallest absolute Gasteiger partial charge is 0.374 e. The second-order valence-electron chi connectivity index (χ2n) is 14.5. The molecule has 1 N–H and O–H groups in total. The van der Waals surface area contributed by atoms with Crippen molar-refractivity contribution in [2.24, 2.45) is 0 Å². The van der Waals surface area contributed by atoms with Gasteiger partial charge in [0.2, 0.25) is 0 Å². The van der Waals surface area contributed by atoms with Gasteiger partial charge in [0.25, 0.3) is 0 Å². The minimum atomic E-state index is 0. The molecule has 11 aromatic rings. The van der Waals surface area contributed by atoms with E-state index in [1.165, 1.54) is 59.9 Å². The molecule has 0 fully saturated rings. The van der Waals surface area contributed by atoms with Crippen molar-refractivity contribution in [1.82, 2.24) is 9.97 Å². The summed E-state index contributed by atoms with van der Waals surface area (Å²) in [5, 5.41) is 13.7. The van der Waals surface area contributed by atoms with Gasteiger partial charge in [0.05, 0.1) is 22.8 Å². The molecule has 4 heteroatoms. The number of fused-ring (bicyclic) bond motifs is 9. The Bertz CT molecular complexity index is 3100. The van der Waals surface area contributed by atoms with Crippen LogP contribution in [0.5, 0.6) is 0 Å². The fraction of sp³-hybridized carbons (Fsp3) is 0.0345. The summed E-state index contributed by atoms with van der Waals surface area (Å²) in [5.74, 6) is 0. The number of hydrogen-bond acceptors (Lipinski definition) is 3. The van der Waals surface area contributed by atoms with Crippen molar-refractivity contribution in [3.8, 4) is 11.3 Å². The molecule has 1 unspecified atom stereocenters. The third kappa shape index (κ3) is 9.84. The van der Waals surface area contributed by atoms with Gasteiger partial charge >= 0.3 is 18.9 Å². The molecule has 0 amide bonds. The van der Waals surface area contributed by atoms with E-state index in [2.05, 4.69) is 198 Å². The van der Waals surface area contributed by atoms with Gasteiger partial charge in [-0.3, -0.25) is 4.98 Å². The van der Waals surface area contributed by atoms with Gasteiger partial charge in [0, 0.05) is 33.8 Å². The van der Waals surface area contributed by atoms with Crippen LogP contribution in [0.25, 0.3) is 71.5 Å². The number of hydrogen-bond donors (Lipinski definition) is 1. The summed E-state index contributed by atoms with van der Waals surface area (Å²) in [4.78, 5) is 9.13. The fourth-order valence-electron chi connectivity index (χ4n) is 7.70. The Morgan fingerprint density at radius 3 is 1.61 bits per heavy atom. The average Bonchev–Trinajstić information content (AvgIpc) is 3.35. The molecule has 1 aliphatic rings. The monoisotopic (exact) mass is 791 g/mol. The van der Waals surface area contributed by atoms with Crippen LogP contribution in [0.3, 0.4) is 0 Å². The molecule has 1 aliphatic heterocycles. The Labute approximate surface area is 376 Å². The zero-order valence-electron chi connectivity index (χ0n) is 34.1. The summed E-state index contributed by atoms with van der Waals surface area (Å²) >= 11 is 0. The number of anilines is 1. The quantitative estimate of drug-likeness (QED) is 0.108. The van der Waals surface area contributed by atoms with E-state index in [0.29, 0.717) is 0 Å². The first-order valence-corrected chi connectivity index (χ1v) is 20.3. The van der Waals surface area contributed by atoms with Crippen LogP contribution in [0.2, 0.25) is 0 Å². The minimum Gasteiger partial charge on any atom is -0.374 e. The Kier molecular flexibility index (Phi) is 14.4. The summed E-state index contributed by atoms with van der Waals surface area (Å²) in [6.07, 6.45) is 6.31. The molecular formula is C58H46LiN3. The largest absolute Gasteiger partial charge is 1.00 e. The standard InChI is InChI=1S/C19H15N.C19H13N.C13H9N.C6H5.CH4.Li/c2*1-2-7-15(8-3-1)18-13-11-17-16-9-5-4-6-14(16)10-12-19(17)20-18;1-2-5-11-10(4-1)7-8-13-12(11)6-3-9-14-13;1-2-4-6-5-3-1;;/h1-13,18,20H;1-13H;1-9H;1-5H;1H4;/q;;;-1;;+1. The van der Waals surface area contributed by atoms with Crippen molar-refractivity contribution in [2.45, 2.75) is 13.5 Å². The predicted molar refractivity (Wildman–Crippen MR) is 262 cm³/mol. The maximum Gasteiger partial charge on any atom is 1.00 e. The van der Waals surface area contributed by atoms with Crippen LogP contribution in [0.4, 0.5) is 5.69 Å². The Balaban J connectivity index is 0.000000131. The van der Waals surface area contributed by atoms with Crippen LogP contribution in [-0.4, -0.2) is 9.97 Å². The topological polar surface area (TPSA) is 37.8 Å². The van der Waals surface area contributed by atoms with E-state index in [9.17, 15) is 0 Å². The molecule has 9 aromatic carbocycles. The van der Waals surface area contributed by atoms with Crippen LogP contribution >= 0.6 is 0 Å². The summed E-state index contributed by atoms with van der Waals surface area (Å²) in [5.41, 5.74) is 8.07. The Hall–Kier alpha value is -7.28. The molecular weight excluding hydrogens is 746 g/mol. The van der Waals surface area contributed by atoms with E-state index in [1.54, 1.807) is 0 Å². The van der Waals surface area contributed by atoms with Crippen LogP contribution in [0.15, 0.2) is 237 Å². The number of pyridine rings is 2. The molecule has 0 saturated heterocycles. The van der Waals surface area contributed by atoms with Crippen molar-refractivity contribution >= 4 is 65.9 Å². The first-order chi connectivity index (χ1) is 29.8. The summed E-state index contributed by atoms with van der Waals surface area (Å²) in [6, 6.07) is 80.1. The van der Waals surface area contributed by atoms with Crippen LogP contribution in [0.1, 0.15) is 24.6 Å². The maximum atomic E-state index is 4.80. The summed E-state index contributed by atoms with van der Waals surface area (Å²) in [6.45, 7) is 0. The number of nitrogens with zero attached hydrogens (tertiary/aromatic N) is 2. The molecule has 62 heavy (non-hydrogen) atoms. The molecule has 0 aliphatic carbocycles. The third-order valence-electron chi connectivity index (χ3n) is 10.7. The number of benzene rings is 9. The molecule has 3 heterocycles. The van der Waals surface area contributed by atoms with Crippen molar-refractivity contribution < 1.29 is 18.9 Å². The molecule has 0 bridgehead atoms. The van der Waals surface area contributed by atoms with E-state index in [-0.39, 0.29) is 32.3 Å². The normalized spacial score (nSPS) is 12.2. The van der Waals surface area contributed by atoms with Gasteiger partial charge in [-0.05, 0) is 68.2 Å². The third-order valence-corrected chi connectivity index (χ3v) is 10.7. The van der Waals surface area contributed by atoms with Crippen molar-refractivity contribution in [1.29, 1.82) is 0 Å². The Morgan fingerprint density at radius 1 is 0.435 bits per heavy atom. The Morgan fingerprint density at radius 2 is 0.968 bits per heavy atom. The van der Waals surface area contributed by atoms with Gasteiger partial charge in [0.1, 0.15) is 0 Å². The summed E-state index contributed by atoms with van der Waals surface area (Å²) in [7, 11) is 0. The first kappa shape index (κ1) is 42.8. The predicted octanol–water partition coefficient (Wildman–Crippen LogP) is 12.6. The second kappa shape index (κ2) is 20.8. The zero-order valence-corrected chi connectivity index (χ0v) is 34.1. The van der Waals surface area contributed by atoms with Crippen LogP contribution < -0.4 is 24.2 Å². The van der Waals surface area contributed by atoms with E-state index in [0.717, 1.165) is 22.3 Å². The van der Waals surface area contributed by atoms with Crippen LogP contribution in [-0.2, 0) is 0 Å². The van der Waals surface area contributed by atoms with E-state index < -0.39 is 0 Å². The van der Waals surface area contributed by atoms with Crippen molar-refractivity contribution in [3.63, 3.8) is 0 Å². The fourth-order valence-corrected chi connectivity index (χ4v) is 7.70. The first-order valence-electron chi connectivity index (χ1n) is 20.3. The van der Waals surface area contributed by atoms with Gasteiger partial charge in [0.15, 0.2) is 0 Å². The van der Waals surface area contributed by atoms with Crippen molar-refractivity contribution in [2.75, 3.05) is 5.32 Å². The molecule has 12 rings (SSSR count).